The molecular formula is C17H24N2O3. The van der Waals surface area contributed by atoms with Gasteiger partial charge in [-0.25, -0.2) is 4.79 Å². The number of carboxylic acids is 1. The van der Waals surface area contributed by atoms with E-state index in [-0.39, 0.29) is 5.56 Å². The highest BCUT2D eigenvalue weighted by Gasteiger charge is 2.28. The molecule has 5 nitrogen and oxygen atoms in total. The van der Waals surface area contributed by atoms with Gasteiger partial charge >= 0.3 is 5.97 Å². The number of hydrogen-bond donors (Lipinski definition) is 1. The van der Waals surface area contributed by atoms with Crippen molar-refractivity contribution in [3.63, 3.8) is 0 Å². The molecule has 0 aromatic heterocycles. The second-order valence-corrected chi connectivity index (χ2v) is 6.26. The van der Waals surface area contributed by atoms with Crippen molar-refractivity contribution in [3.05, 3.63) is 29.3 Å². The Labute approximate surface area is 131 Å². The van der Waals surface area contributed by atoms with Gasteiger partial charge in [0.1, 0.15) is 11.3 Å². The SMILES string of the molecule is COc1ccc(CN2CCCN3CCC[C@H]3C2)cc1C(=O)O. The standard InChI is InChI=1S/C17H24N2O3/c1-22-16-6-5-13(10-15(16)17(20)21)11-18-7-3-9-19-8-2-4-14(19)12-18/h5-6,10,14H,2-4,7-9,11-12H2,1H3,(H,20,21)/t14-/m0/s1. The molecule has 0 radical (unpaired) electrons. The van der Waals surface area contributed by atoms with Crippen LogP contribution in [0.3, 0.4) is 0 Å². The number of fused-ring (bicyclic) bond motifs is 1. The molecule has 3 rings (SSSR count). The highest BCUT2D eigenvalue weighted by Crippen LogP contribution is 2.24. The molecule has 5 heteroatoms. The van der Waals surface area contributed by atoms with Crippen molar-refractivity contribution in [1.29, 1.82) is 0 Å². The van der Waals surface area contributed by atoms with Gasteiger partial charge in [-0.05, 0) is 56.6 Å². The van der Waals surface area contributed by atoms with E-state index in [4.69, 9.17) is 4.74 Å². The minimum absolute atomic E-state index is 0.248. The van der Waals surface area contributed by atoms with Gasteiger partial charge in [-0.15, -0.1) is 0 Å². The zero-order valence-corrected chi connectivity index (χ0v) is 13.1. The maximum Gasteiger partial charge on any atom is 0.339 e. The molecule has 120 valence electrons. The lowest BCUT2D eigenvalue weighted by Crippen LogP contribution is -2.36. The Kier molecular flexibility index (Phi) is 4.64. The second kappa shape index (κ2) is 6.67. The minimum atomic E-state index is -0.934. The summed E-state index contributed by atoms with van der Waals surface area (Å²) >= 11 is 0. The van der Waals surface area contributed by atoms with Gasteiger partial charge in [0.25, 0.3) is 0 Å². The molecule has 1 aromatic carbocycles. The van der Waals surface area contributed by atoms with Crippen LogP contribution in [0.15, 0.2) is 18.2 Å². The molecular weight excluding hydrogens is 280 g/mol. The molecule has 1 aromatic rings. The third-order valence-corrected chi connectivity index (χ3v) is 4.79. The zero-order chi connectivity index (χ0) is 15.5. The molecule has 2 aliphatic rings. The van der Waals surface area contributed by atoms with E-state index in [2.05, 4.69) is 9.80 Å². The van der Waals surface area contributed by atoms with Gasteiger partial charge in [-0.1, -0.05) is 6.07 Å². The molecule has 0 spiro atoms. The summed E-state index contributed by atoms with van der Waals surface area (Å²) in [6.07, 6.45) is 3.79. The molecule has 2 heterocycles. The second-order valence-electron chi connectivity index (χ2n) is 6.26. The van der Waals surface area contributed by atoms with Gasteiger partial charge in [0.05, 0.1) is 7.11 Å². The van der Waals surface area contributed by atoms with Crippen molar-refractivity contribution in [2.45, 2.75) is 31.8 Å². The highest BCUT2D eigenvalue weighted by molar-refractivity contribution is 5.91. The number of aromatic carboxylic acids is 1. The number of ether oxygens (including phenoxy) is 1. The summed E-state index contributed by atoms with van der Waals surface area (Å²) in [6.45, 7) is 5.43. The van der Waals surface area contributed by atoms with Crippen LogP contribution in [-0.2, 0) is 6.54 Å². The Hall–Kier alpha value is -1.59. The Balaban J connectivity index is 1.72. The molecule has 1 atom stereocenters. The fourth-order valence-corrected chi connectivity index (χ4v) is 3.71. The normalized spacial score (nSPS) is 23.0. The summed E-state index contributed by atoms with van der Waals surface area (Å²) in [4.78, 5) is 16.4. The van der Waals surface area contributed by atoms with Crippen LogP contribution < -0.4 is 4.74 Å². The number of benzene rings is 1. The highest BCUT2D eigenvalue weighted by atomic mass is 16.5. The van der Waals surface area contributed by atoms with Crippen LogP contribution in [0, 0.1) is 0 Å². The predicted molar refractivity (Wildman–Crippen MR) is 84.4 cm³/mol. The fraction of sp³-hybridized carbons (Fsp3) is 0.588. The van der Waals surface area contributed by atoms with Crippen molar-refractivity contribution < 1.29 is 14.6 Å². The molecule has 0 bridgehead atoms. The first-order valence-corrected chi connectivity index (χ1v) is 8.04. The smallest absolute Gasteiger partial charge is 0.339 e. The molecule has 1 N–H and O–H groups in total. The van der Waals surface area contributed by atoms with E-state index in [1.54, 1.807) is 12.1 Å². The number of methoxy groups -OCH3 is 1. The van der Waals surface area contributed by atoms with E-state index in [0.717, 1.165) is 25.2 Å². The Morgan fingerprint density at radius 1 is 1.32 bits per heavy atom. The lowest BCUT2D eigenvalue weighted by Gasteiger charge is -2.25. The first kappa shape index (κ1) is 15.3. The number of carboxylic acid groups (broad SMARTS) is 1. The molecule has 2 aliphatic heterocycles. The Bertz CT molecular complexity index is 547. The zero-order valence-electron chi connectivity index (χ0n) is 13.1. The molecule has 0 saturated carbocycles. The van der Waals surface area contributed by atoms with E-state index in [9.17, 15) is 9.90 Å². The first-order chi connectivity index (χ1) is 10.7. The van der Waals surface area contributed by atoms with Crippen LogP contribution >= 0.6 is 0 Å². The number of rotatable bonds is 4. The van der Waals surface area contributed by atoms with Crippen molar-refractivity contribution in [2.75, 3.05) is 33.3 Å². The maximum atomic E-state index is 11.3. The molecule has 0 amide bonds. The number of hydrogen-bond acceptors (Lipinski definition) is 4. The maximum absolute atomic E-state index is 11.3. The summed E-state index contributed by atoms with van der Waals surface area (Å²) in [6, 6.07) is 6.17. The van der Waals surface area contributed by atoms with Gasteiger partial charge in [-0.3, -0.25) is 9.80 Å². The summed E-state index contributed by atoms with van der Waals surface area (Å²) in [5.74, 6) is -0.509. The quantitative estimate of drug-likeness (QED) is 0.923. The van der Waals surface area contributed by atoms with Crippen molar-refractivity contribution in [3.8, 4) is 5.75 Å². The topological polar surface area (TPSA) is 53.0 Å². The summed E-state index contributed by atoms with van der Waals surface area (Å²) in [5, 5.41) is 9.29. The van der Waals surface area contributed by atoms with Crippen LogP contribution in [0.2, 0.25) is 0 Å². The predicted octanol–water partition coefficient (Wildman–Crippen LogP) is 2.06. The van der Waals surface area contributed by atoms with E-state index in [1.165, 1.54) is 39.5 Å². The van der Waals surface area contributed by atoms with Gasteiger partial charge in [0.2, 0.25) is 0 Å². The molecule has 2 fully saturated rings. The van der Waals surface area contributed by atoms with E-state index >= 15 is 0 Å². The first-order valence-electron chi connectivity index (χ1n) is 8.04. The van der Waals surface area contributed by atoms with Crippen LogP contribution in [0.25, 0.3) is 0 Å². The number of carbonyl (C=O) groups is 1. The Morgan fingerprint density at radius 2 is 2.14 bits per heavy atom. The molecule has 0 unspecified atom stereocenters. The third-order valence-electron chi connectivity index (χ3n) is 4.79. The van der Waals surface area contributed by atoms with Crippen LogP contribution in [-0.4, -0.2) is 60.2 Å². The van der Waals surface area contributed by atoms with E-state index < -0.39 is 5.97 Å². The summed E-state index contributed by atoms with van der Waals surface area (Å²) in [5.41, 5.74) is 1.29. The fourth-order valence-electron chi connectivity index (χ4n) is 3.71. The summed E-state index contributed by atoms with van der Waals surface area (Å²) in [7, 11) is 1.50. The number of nitrogens with zero attached hydrogens (tertiary/aromatic N) is 2. The lowest BCUT2D eigenvalue weighted by molar-refractivity contribution is 0.0693. The van der Waals surface area contributed by atoms with Gasteiger partial charge in [-0.2, -0.15) is 0 Å². The van der Waals surface area contributed by atoms with Gasteiger partial charge < -0.3 is 9.84 Å². The van der Waals surface area contributed by atoms with Gasteiger partial charge in [0, 0.05) is 19.1 Å². The minimum Gasteiger partial charge on any atom is -0.496 e. The Morgan fingerprint density at radius 3 is 2.91 bits per heavy atom. The monoisotopic (exact) mass is 304 g/mol. The molecule has 2 saturated heterocycles. The van der Waals surface area contributed by atoms with Gasteiger partial charge in [0.15, 0.2) is 0 Å². The van der Waals surface area contributed by atoms with E-state index in [0.29, 0.717) is 11.8 Å². The molecule has 22 heavy (non-hydrogen) atoms. The van der Waals surface area contributed by atoms with Crippen LogP contribution in [0.1, 0.15) is 35.2 Å². The van der Waals surface area contributed by atoms with E-state index in [1.807, 2.05) is 6.07 Å². The van der Waals surface area contributed by atoms with Crippen molar-refractivity contribution in [1.82, 2.24) is 9.80 Å². The summed E-state index contributed by atoms with van der Waals surface area (Å²) < 4.78 is 5.13. The largest absolute Gasteiger partial charge is 0.496 e. The van der Waals surface area contributed by atoms with Crippen molar-refractivity contribution >= 4 is 5.97 Å². The average Bonchev–Trinajstić information content (AvgIpc) is 2.86. The van der Waals surface area contributed by atoms with Crippen LogP contribution in [0.5, 0.6) is 5.75 Å². The van der Waals surface area contributed by atoms with Crippen LogP contribution in [0.4, 0.5) is 0 Å². The lowest BCUT2D eigenvalue weighted by atomic mass is 10.1. The van der Waals surface area contributed by atoms with Crippen molar-refractivity contribution in [2.24, 2.45) is 0 Å². The third kappa shape index (κ3) is 3.25. The average molecular weight is 304 g/mol. The molecule has 0 aliphatic carbocycles.